The molecule has 0 spiro atoms. The van der Waals surface area contributed by atoms with E-state index in [2.05, 4.69) is 0 Å². The molecule has 0 aliphatic carbocycles. The SMILES string of the molecule is Cc1cc(C(=O)N(CCCO)C(C)C)sc1C. The van der Waals surface area contributed by atoms with Crippen LogP contribution in [0.1, 0.15) is 40.4 Å². The van der Waals surface area contributed by atoms with E-state index < -0.39 is 0 Å². The summed E-state index contributed by atoms with van der Waals surface area (Å²) in [6, 6.07) is 2.12. The molecule has 0 bridgehead atoms. The fourth-order valence-corrected chi connectivity index (χ4v) is 2.65. The number of aryl methyl sites for hydroxylation is 2. The number of aliphatic hydroxyl groups excluding tert-OH is 1. The molecule has 0 unspecified atom stereocenters. The van der Waals surface area contributed by atoms with Gasteiger partial charge in [0, 0.05) is 24.1 Å². The first-order valence-electron chi connectivity index (χ1n) is 5.96. The summed E-state index contributed by atoms with van der Waals surface area (Å²) >= 11 is 1.55. The Hall–Kier alpha value is -0.870. The Morgan fingerprint density at radius 1 is 1.47 bits per heavy atom. The van der Waals surface area contributed by atoms with E-state index in [-0.39, 0.29) is 18.6 Å². The molecule has 0 atom stereocenters. The first kappa shape index (κ1) is 14.2. The van der Waals surface area contributed by atoms with Crippen molar-refractivity contribution >= 4 is 17.2 Å². The molecule has 1 aromatic heterocycles. The van der Waals surface area contributed by atoms with Crippen LogP contribution in [0.2, 0.25) is 0 Å². The molecule has 4 heteroatoms. The summed E-state index contributed by atoms with van der Waals surface area (Å²) in [5, 5.41) is 8.86. The van der Waals surface area contributed by atoms with Gasteiger partial charge < -0.3 is 10.0 Å². The van der Waals surface area contributed by atoms with E-state index in [0.29, 0.717) is 13.0 Å². The summed E-state index contributed by atoms with van der Waals surface area (Å²) in [5.74, 6) is 0.0784. The van der Waals surface area contributed by atoms with Crippen molar-refractivity contribution in [2.24, 2.45) is 0 Å². The van der Waals surface area contributed by atoms with Crippen LogP contribution in [0.5, 0.6) is 0 Å². The number of hydrogen-bond acceptors (Lipinski definition) is 3. The summed E-state index contributed by atoms with van der Waals surface area (Å²) < 4.78 is 0. The van der Waals surface area contributed by atoms with Crippen molar-refractivity contribution in [3.8, 4) is 0 Å². The zero-order valence-corrected chi connectivity index (χ0v) is 11.8. The van der Waals surface area contributed by atoms with Gasteiger partial charge in [-0.15, -0.1) is 11.3 Å². The first-order valence-corrected chi connectivity index (χ1v) is 6.78. The van der Waals surface area contributed by atoms with E-state index in [1.54, 1.807) is 11.3 Å². The average molecular weight is 255 g/mol. The highest BCUT2D eigenvalue weighted by atomic mass is 32.1. The Morgan fingerprint density at radius 3 is 2.53 bits per heavy atom. The highest BCUT2D eigenvalue weighted by Gasteiger charge is 2.20. The minimum absolute atomic E-state index is 0.0784. The number of rotatable bonds is 5. The van der Waals surface area contributed by atoms with Gasteiger partial charge in [-0.1, -0.05) is 0 Å². The van der Waals surface area contributed by atoms with Gasteiger partial charge in [-0.05, 0) is 45.7 Å². The van der Waals surface area contributed by atoms with Crippen molar-refractivity contribution in [3.63, 3.8) is 0 Å². The molecular formula is C13H21NO2S. The van der Waals surface area contributed by atoms with E-state index in [9.17, 15) is 4.79 Å². The molecule has 0 radical (unpaired) electrons. The number of carbonyl (C=O) groups is 1. The Balaban J connectivity index is 2.84. The maximum Gasteiger partial charge on any atom is 0.264 e. The van der Waals surface area contributed by atoms with Crippen LogP contribution in [0.15, 0.2) is 6.07 Å². The standard InChI is InChI=1S/C13H21NO2S/c1-9(2)14(6-5-7-15)13(16)12-8-10(3)11(4)17-12/h8-9,15H,5-7H2,1-4H3. The van der Waals surface area contributed by atoms with Crippen LogP contribution >= 0.6 is 11.3 Å². The molecule has 0 saturated carbocycles. The molecule has 1 amide bonds. The Morgan fingerprint density at radius 2 is 2.12 bits per heavy atom. The minimum Gasteiger partial charge on any atom is -0.396 e. The molecular weight excluding hydrogens is 234 g/mol. The molecule has 1 rings (SSSR count). The van der Waals surface area contributed by atoms with Gasteiger partial charge in [0.1, 0.15) is 0 Å². The lowest BCUT2D eigenvalue weighted by Crippen LogP contribution is -2.37. The lowest BCUT2D eigenvalue weighted by Gasteiger charge is -2.26. The number of aliphatic hydroxyl groups is 1. The summed E-state index contributed by atoms with van der Waals surface area (Å²) in [6.45, 7) is 8.80. The van der Waals surface area contributed by atoms with Crippen LogP contribution in [0.25, 0.3) is 0 Å². The molecule has 0 aromatic carbocycles. The number of amides is 1. The van der Waals surface area contributed by atoms with Crippen molar-refractivity contribution in [1.29, 1.82) is 0 Å². The summed E-state index contributed by atoms with van der Waals surface area (Å²) in [6.07, 6.45) is 0.632. The predicted molar refractivity (Wildman–Crippen MR) is 71.7 cm³/mol. The van der Waals surface area contributed by atoms with Crippen molar-refractivity contribution in [2.45, 2.75) is 40.2 Å². The fourth-order valence-electron chi connectivity index (χ4n) is 1.66. The summed E-state index contributed by atoms with van der Waals surface area (Å²) in [4.78, 5) is 16.1. The van der Waals surface area contributed by atoms with Gasteiger partial charge in [0.2, 0.25) is 0 Å². The van der Waals surface area contributed by atoms with Crippen molar-refractivity contribution in [2.75, 3.05) is 13.2 Å². The fraction of sp³-hybridized carbons (Fsp3) is 0.615. The highest BCUT2D eigenvalue weighted by molar-refractivity contribution is 7.14. The second-order valence-corrected chi connectivity index (χ2v) is 5.78. The quantitative estimate of drug-likeness (QED) is 0.878. The number of carbonyl (C=O) groups excluding carboxylic acids is 1. The molecule has 0 aliphatic heterocycles. The average Bonchev–Trinajstić information content (AvgIpc) is 2.59. The monoisotopic (exact) mass is 255 g/mol. The van der Waals surface area contributed by atoms with Crippen molar-refractivity contribution in [1.82, 2.24) is 4.90 Å². The molecule has 1 N–H and O–H groups in total. The zero-order valence-electron chi connectivity index (χ0n) is 11.0. The van der Waals surface area contributed by atoms with Crippen molar-refractivity contribution < 1.29 is 9.90 Å². The zero-order chi connectivity index (χ0) is 13.0. The maximum absolute atomic E-state index is 12.3. The maximum atomic E-state index is 12.3. The summed E-state index contributed by atoms with van der Waals surface area (Å²) in [5.41, 5.74) is 1.17. The second kappa shape index (κ2) is 6.17. The second-order valence-electron chi connectivity index (χ2n) is 4.52. The smallest absolute Gasteiger partial charge is 0.264 e. The van der Waals surface area contributed by atoms with Gasteiger partial charge in [-0.25, -0.2) is 0 Å². The van der Waals surface area contributed by atoms with E-state index in [0.717, 1.165) is 4.88 Å². The normalized spacial score (nSPS) is 10.9. The third kappa shape index (κ3) is 3.54. The molecule has 17 heavy (non-hydrogen) atoms. The summed E-state index contributed by atoms with van der Waals surface area (Å²) in [7, 11) is 0. The number of hydrogen-bond donors (Lipinski definition) is 1. The topological polar surface area (TPSA) is 40.5 Å². The minimum atomic E-state index is 0.0784. The van der Waals surface area contributed by atoms with Gasteiger partial charge in [-0.3, -0.25) is 4.79 Å². The van der Waals surface area contributed by atoms with Crippen LogP contribution < -0.4 is 0 Å². The van der Waals surface area contributed by atoms with E-state index in [1.807, 2.05) is 38.7 Å². The molecule has 0 aliphatic rings. The first-order chi connectivity index (χ1) is 7.97. The van der Waals surface area contributed by atoms with Gasteiger partial charge >= 0.3 is 0 Å². The Bertz CT molecular complexity index is 365. The molecule has 96 valence electrons. The van der Waals surface area contributed by atoms with Crippen LogP contribution in [0.3, 0.4) is 0 Å². The molecule has 0 saturated heterocycles. The number of thiophene rings is 1. The van der Waals surface area contributed by atoms with Gasteiger partial charge in [0.05, 0.1) is 4.88 Å². The van der Waals surface area contributed by atoms with Gasteiger partial charge in [0.15, 0.2) is 0 Å². The van der Waals surface area contributed by atoms with Gasteiger partial charge in [-0.2, -0.15) is 0 Å². The third-order valence-electron chi connectivity index (χ3n) is 2.82. The molecule has 3 nitrogen and oxygen atoms in total. The van der Waals surface area contributed by atoms with Crippen LogP contribution in [0, 0.1) is 13.8 Å². The van der Waals surface area contributed by atoms with Crippen molar-refractivity contribution in [3.05, 3.63) is 21.4 Å². The largest absolute Gasteiger partial charge is 0.396 e. The third-order valence-corrected chi connectivity index (χ3v) is 3.96. The molecule has 1 heterocycles. The van der Waals surface area contributed by atoms with Crippen LogP contribution in [-0.4, -0.2) is 35.1 Å². The van der Waals surface area contributed by atoms with E-state index >= 15 is 0 Å². The lowest BCUT2D eigenvalue weighted by atomic mass is 10.2. The molecule has 0 fully saturated rings. The van der Waals surface area contributed by atoms with Crippen LogP contribution in [-0.2, 0) is 0 Å². The van der Waals surface area contributed by atoms with Crippen LogP contribution in [0.4, 0.5) is 0 Å². The molecule has 1 aromatic rings. The lowest BCUT2D eigenvalue weighted by molar-refractivity contribution is 0.0698. The Kier molecular flexibility index (Phi) is 5.15. The van der Waals surface area contributed by atoms with Gasteiger partial charge in [0.25, 0.3) is 5.91 Å². The van der Waals surface area contributed by atoms with E-state index in [4.69, 9.17) is 5.11 Å². The van der Waals surface area contributed by atoms with E-state index in [1.165, 1.54) is 10.4 Å². The Labute approximate surface area is 107 Å². The number of nitrogens with zero attached hydrogens (tertiary/aromatic N) is 1. The predicted octanol–water partition coefficient (Wildman–Crippen LogP) is 2.60. The highest BCUT2D eigenvalue weighted by Crippen LogP contribution is 2.22.